The average molecular weight is 257 g/mol. The van der Waals surface area contributed by atoms with Gasteiger partial charge in [-0.25, -0.2) is 9.59 Å². The van der Waals surface area contributed by atoms with E-state index in [2.05, 4.69) is 10.1 Å². The van der Waals surface area contributed by atoms with Crippen LogP contribution < -0.4 is 5.32 Å². The van der Waals surface area contributed by atoms with Crippen LogP contribution in [0.2, 0.25) is 0 Å². The molecule has 0 aromatic rings. The number of nitrogens with one attached hydrogen (secondary N) is 1. The van der Waals surface area contributed by atoms with Gasteiger partial charge in [0.25, 0.3) is 0 Å². The van der Waals surface area contributed by atoms with Crippen LogP contribution in [-0.4, -0.2) is 37.1 Å². The second-order valence-corrected chi connectivity index (χ2v) is 4.93. The van der Waals surface area contributed by atoms with E-state index in [9.17, 15) is 9.59 Å². The van der Waals surface area contributed by atoms with Crippen LogP contribution in [-0.2, 0) is 19.0 Å². The largest absolute Gasteiger partial charge is 0.465 e. The van der Waals surface area contributed by atoms with Gasteiger partial charge in [0.2, 0.25) is 5.72 Å². The molecule has 18 heavy (non-hydrogen) atoms. The summed E-state index contributed by atoms with van der Waals surface area (Å²) < 4.78 is 15.1. The van der Waals surface area contributed by atoms with E-state index in [1.165, 1.54) is 7.11 Å². The van der Waals surface area contributed by atoms with Crippen molar-refractivity contribution < 1.29 is 23.8 Å². The zero-order valence-corrected chi connectivity index (χ0v) is 11.1. The first kappa shape index (κ1) is 14.5. The van der Waals surface area contributed by atoms with Gasteiger partial charge in [0.05, 0.1) is 13.7 Å². The molecular formula is C12H19NO5. The quantitative estimate of drug-likeness (QED) is 0.597. The molecule has 1 heterocycles. The number of ether oxygens (including phenoxy) is 3. The molecule has 0 spiro atoms. The van der Waals surface area contributed by atoms with Crippen molar-refractivity contribution in [3.8, 4) is 0 Å². The molecule has 0 bridgehead atoms. The number of esters is 1. The van der Waals surface area contributed by atoms with Gasteiger partial charge in [-0.15, -0.1) is 0 Å². The fraction of sp³-hybridized carbons (Fsp3) is 0.667. The van der Waals surface area contributed by atoms with Crippen LogP contribution in [0.25, 0.3) is 0 Å². The van der Waals surface area contributed by atoms with Gasteiger partial charge in [0.15, 0.2) is 0 Å². The first-order valence-corrected chi connectivity index (χ1v) is 5.68. The van der Waals surface area contributed by atoms with Gasteiger partial charge < -0.3 is 14.2 Å². The summed E-state index contributed by atoms with van der Waals surface area (Å²) in [6, 6.07) is 0. The van der Waals surface area contributed by atoms with Crippen molar-refractivity contribution in [3.05, 3.63) is 12.2 Å². The van der Waals surface area contributed by atoms with E-state index in [4.69, 9.17) is 9.47 Å². The topological polar surface area (TPSA) is 73.9 Å². The van der Waals surface area contributed by atoms with E-state index < -0.39 is 23.4 Å². The number of carbonyl (C=O) groups is 2. The molecule has 0 saturated carbocycles. The van der Waals surface area contributed by atoms with Crippen molar-refractivity contribution in [2.75, 3.05) is 13.7 Å². The molecule has 102 valence electrons. The van der Waals surface area contributed by atoms with Crippen LogP contribution in [0.3, 0.4) is 0 Å². The molecule has 1 aliphatic heterocycles. The van der Waals surface area contributed by atoms with Gasteiger partial charge >= 0.3 is 12.1 Å². The Hall–Kier alpha value is -1.56. The van der Waals surface area contributed by atoms with Gasteiger partial charge in [-0.1, -0.05) is 12.2 Å². The zero-order chi connectivity index (χ0) is 13.8. The fourth-order valence-corrected chi connectivity index (χ4v) is 1.48. The third-order valence-electron chi connectivity index (χ3n) is 2.22. The second-order valence-electron chi connectivity index (χ2n) is 4.93. The predicted molar refractivity (Wildman–Crippen MR) is 63.8 cm³/mol. The molecule has 0 saturated heterocycles. The lowest BCUT2D eigenvalue weighted by Gasteiger charge is -2.33. The predicted octanol–water partition coefficient (Wildman–Crippen LogP) is 1.36. The summed E-state index contributed by atoms with van der Waals surface area (Å²) in [7, 11) is 1.24. The SMILES string of the molecule is COC(=O)C1(NC(=O)OC(C)(C)C)CC=CCO1. The lowest BCUT2D eigenvalue weighted by atomic mass is 10.1. The zero-order valence-electron chi connectivity index (χ0n) is 11.1. The number of hydrogen-bond acceptors (Lipinski definition) is 5. The first-order valence-electron chi connectivity index (χ1n) is 5.68. The minimum absolute atomic E-state index is 0.207. The monoisotopic (exact) mass is 257 g/mol. The van der Waals surface area contributed by atoms with Gasteiger partial charge in [0.1, 0.15) is 5.60 Å². The lowest BCUT2D eigenvalue weighted by Crippen LogP contribution is -2.58. The Morgan fingerprint density at radius 1 is 1.33 bits per heavy atom. The molecule has 1 atom stereocenters. The molecule has 0 aliphatic carbocycles. The summed E-state index contributed by atoms with van der Waals surface area (Å²) in [5.41, 5.74) is -2.14. The van der Waals surface area contributed by atoms with E-state index >= 15 is 0 Å². The smallest absolute Gasteiger partial charge is 0.410 e. The van der Waals surface area contributed by atoms with Crippen molar-refractivity contribution in [2.24, 2.45) is 0 Å². The third kappa shape index (κ3) is 3.73. The Bertz CT molecular complexity index is 358. The van der Waals surface area contributed by atoms with Crippen LogP contribution in [0.4, 0.5) is 4.79 Å². The number of alkyl carbamates (subject to hydrolysis) is 1. The standard InChI is InChI=1S/C12H19NO5/c1-11(2,3)18-10(15)13-12(9(14)16-4)7-5-6-8-17-12/h5-6H,7-8H2,1-4H3,(H,13,15). The Morgan fingerprint density at radius 2 is 2.00 bits per heavy atom. The minimum atomic E-state index is -1.49. The Labute approximate surface area is 106 Å². The minimum Gasteiger partial charge on any atom is -0.465 e. The van der Waals surface area contributed by atoms with Crippen LogP contribution in [0.1, 0.15) is 27.2 Å². The second kappa shape index (κ2) is 5.39. The van der Waals surface area contributed by atoms with E-state index in [1.54, 1.807) is 32.9 Å². The number of carbonyl (C=O) groups excluding carboxylic acids is 2. The maximum absolute atomic E-state index is 11.7. The Morgan fingerprint density at radius 3 is 2.44 bits per heavy atom. The number of amides is 1. The van der Waals surface area contributed by atoms with Crippen LogP contribution in [0.5, 0.6) is 0 Å². The molecule has 6 nitrogen and oxygen atoms in total. The Kier molecular flexibility index (Phi) is 4.34. The number of hydrogen-bond donors (Lipinski definition) is 1. The number of methoxy groups -OCH3 is 1. The Balaban J connectivity index is 2.77. The van der Waals surface area contributed by atoms with Crippen molar-refractivity contribution in [1.29, 1.82) is 0 Å². The summed E-state index contributed by atoms with van der Waals surface area (Å²) in [4.78, 5) is 23.4. The van der Waals surface area contributed by atoms with Crippen LogP contribution in [0.15, 0.2) is 12.2 Å². The molecule has 1 aliphatic rings. The van der Waals surface area contributed by atoms with E-state index in [1.807, 2.05) is 0 Å². The maximum atomic E-state index is 11.7. The highest BCUT2D eigenvalue weighted by Crippen LogP contribution is 2.20. The molecular weight excluding hydrogens is 238 g/mol. The molecule has 6 heteroatoms. The summed E-state index contributed by atoms with van der Waals surface area (Å²) in [6.45, 7) is 5.43. The van der Waals surface area contributed by atoms with E-state index in [-0.39, 0.29) is 13.0 Å². The average Bonchev–Trinajstić information content (AvgIpc) is 2.26. The molecule has 1 amide bonds. The third-order valence-corrected chi connectivity index (χ3v) is 2.22. The lowest BCUT2D eigenvalue weighted by molar-refractivity contribution is -0.173. The summed E-state index contributed by atoms with van der Waals surface area (Å²) in [6.07, 6.45) is 3.00. The number of rotatable bonds is 2. The molecule has 1 N–H and O–H groups in total. The van der Waals surface area contributed by atoms with Crippen molar-refractivity contribution >= 4 is 12.1 Å². The molecule has 1 unspecified atom stereocenters. The van der Waals surface area contributed by atoms with Gasteiger partial charge in [-0.2, -0.15) is 0 Å². The van der Waals surface area contributed by atoms with Gasteiger partial charge in [-0.3, -0.25) is 5.32 Å². The van der Waals surface area contributed by atoms with Crippen LogP contribution >= 0.6 is 0 Å². The summed E-state index contributed by atoms with van der Waals surface area (Å²) >= 11 is 0. The van der Waals surface area contributed by atoms with Crippen molar-refractivity contribution in [3.63, 3.8) is 0 Å². The van der Waals surface area contributed by atoms with Crippen LogP contribution in [0, 0.1) is 0 Å². The van der Waals surface area contributed by atoms with Crippen molar-refractivity contribution in [2.45, 2.75) is 38.5 Å². The molecule has 0 radical (unpaired) electrons. The summed E-state index contributed by atoms with van der Waals surface area (Å²) in [5, 5.41) is 2.43. The highest BCUT2D eigenvalue weighted by Gasteiger charge is 2.43. The molecule has 0 aromatic heterocycles. The summed E-state index contributed by atoms with van der Waals surface area (Å²) in [5.74, 6) is -0.655. The molecule has 1 rings (SSSR count). The fourth-order valence-electron chi connectivity index (χ4n) is 1.48. The van der Waals surface area contributed by atoms with Crippen molar-refractivity contribution in [1.82, 2.24) is 5.32 Å². The van der Waals surface area contributed by atoms with Gasteiger partial charge in [-0.05, 0) is 20.8 Å². The van der Waals surface area contributed by atoms with E-state index in [0.717, 1.165) is 0 Å². The maximum Gasteiger partial charge on any atom is 0.410 e. The molecule has 0 fully saturated rings. The highest BCUT2D eigenvalue weighted by atomic mass is 16.6. The van der Waals surface area contributed by atoms with E-state index in [0.29, 0.717) is 0 Å². The first-order chi connectivity index (χ1) is 8.29. The van der Waals surface area contributed by atoms with Gasteiger partial charge in [0, 0.05) is 6.42 Å². The normalized spacial score (nSPS) is 23.3. The highest BCUT2D eigenvalue weighted by molar-refractivity contribution is 5.84. The molecule has 0 aromatic carbocycles.